The summed E-state index contributed by atoms with van der Waals surface area (Å²) in [6.07, 6.45) is 0.754. The van der Waals surface area contributed by atoms with Gasteiger partial charge in [-0.25, -0.2) is 4.98 Å². The van der Waals surface area contributed by atoms with Gasteiger partial charge in [0.05, 0.1) is 22.5 Å². The van der Waals surface area contributed by atoms with E-state index in [1.165, 1.54) is 5.56 Å². The average molecular weight is 466 g/mol. The number of rotatable bonds is 4. The Bertz CT molecular complexity index is 1320. The molecule has 0 saturated heterocycles. The summed E-state index contributed by atoms with van der Waals surface area (Å²) in [6.45, 7) is 6.86. The molecule has 0 saturated carbocycles. The number of carbonyl (C=O) groups is 2. The number of hydrogen-bond donors (Lipinski definition) is 1. The summed E-state index contributed by atoms with van der Waals surface area (Å²) in [4.78, 5) is 32.7. The van der Waals surface area contributed by atoms with Crippen molar-refractivity contribution in [1.29, 1.82) is 0 Å². The fraction of sp³-hybridized carbons (Fsp3) is 0.304. The van der Waals surface area contributed by atoms with Crippen LogP contribution in [0.15, 0.2) is 30.3 Å². The van der Waals surface area contributed by atoms with Crippen molar-refractivity contribution >= 4 is 49.7 Å². The highest BCUT2D eigenvalue weighted by Crippen LogP contribution is 2.45. The fourth-order valence-electron chi connectivity index (χ4n) is 4.10. The van der Waals surface area contributed by atoms with Gasteiger partial charge in [0.1, 0.15) is 16.6 Å². The largest absolute Gasteiger partial charge is 0.337 e. The predicted octanol–water partition coefficient (Wildman–Crippen LogP) is 4.38. The number of amides is 2. The van der Waals surface area contributed by atoms with Gasteiger partial charge in [0, 0.05) is 29.6 Å². The van der Waals surface area contributed by atoms with E-state index < -0.39 is 0 Å². The molecule has 0 fully saturated rings. The first-order valence-corrected chi connectivity index (χ1v) is 12.1. The molecule has 9 heteroatoms. The zero-order valence-electron chi connectivity index (χ0n) is 18.1. The number of fused-ring (bicyclic) bond motifs is 2. The molecule has 1 aromatic carbocycles. The summed E-state index contributed by atoms with van der Waals surface area (Å²) in [5, 5.41) is 9.22. The molecule has 5 rings (SSSR count). The molecule has 3 aromatic heterocycles. The molecule has 0 bridgehead atoms. The van der Waals surface area contributed by atoms with Gasteiger partial charge >= 0.3 is 0 Å². The minimum Gasteiger partial charge on any atom is -0.337 e. The number of benzene rings is 1. The van der Waals surface area contributed by atoms with Crippen LogP contribution in [0.5, 0.6) is 0 Å². The van der Waals surface area contributed by atoms with E-state index in [0.29, 0.717) is 13.1 Å². The monoisotopic (exact) mass is 465 g/mol. The highest BCUT2D eigenvalue weighted by atomic mass is 32.1. The van der Waals surface area contributed by atoms with E-state index >= 15 is 0 Å². The van der Waals surface area contributed by atoms with Crippen molar-refractivity contribution in [3.8, 4) is 10.6 Å². The van der Waals surface area contributed by atoms with E-state index in [-0.39, 0.29) is 18.4 Å². The second-order valence-electron chi connectivity index (χ2n) is 8.02. The van der Waals surface area contributed by atoms with Crippen molar-refractivity contribution in [1.82, 2.24) is 19.7 Å². The maximum atomic E-state index is 12.9. The third kappa shape index (κ3) is 3.82. The van der Waals surface area contributed by atoms with Gasteiger partial charge in [0.25, 0.3) is 0 Å². The van der Waals surface area contributed by atoms with E-state index in [1.54, 1.807) is 34.3 Å². The molecule has 4 aromatic rings. The minimum absolute atomic E-state index is 0.0701. The van der Waals surface area contributed by atoms with Crippen LogP contribution in [0.1, 0.15) is 28.8 Å². The zero-order chi connectivity index (χ0) is 22.4. The Morgan fingerprint density at radius 1 is 1.19 bits per heavy atom. The number of nitrogens with one attached hydrogen (secondary N) is 1. The summed E-state index contributed by atoms with van der Waals surface area (Å²) in [5.41, 5.74) is 4.98. The van der Waals surface area contributed by atoms with E-state index in [0.717, 1.165) is 48.5 Å². The molecule has 0 aliphatic carbocycles. The van der Waals surface area contributed by atoms with Gasteiger partial charge in [-0.15, -0.1) is 22.7 Å². The lowest BCUT2D eigenvalue weighted by atomic mass is 10.0. The maximum absolute atomic E-state index is 12.9. The molecule has 1 aliphatic heterocycles. The Balaban J connectivity index is 1.53. The molecule has 7 nitrogen and oxygen atoms in total. The molecular weight excluding hydrogens is 442 g/mol. The molecular formula is C23H23N5O2S2. The van der Waals surface area contributed by atoms with Crippen LogP contribution in [-0.4, -0.2) is 38.0 Å². The Labute approximate surface area is 193 Å². The van der Waals surface area contributed by atoms with Crippen molar-refractivity contribution in [2.24, 2.45) is 0 Å². The van der Waals surface area contributed by atoms with Crippen LogP contribution in [0.25, 0.3) is 20.8 Å². The van der Waals surface area contributed by atoms with Gasteiger partial charge in [-0.1, -0.05) is 12.1 Å². The molecule has 0 atom stereocenters. The number of anilines is 1. The lowest BCUT2D eigenvalue weighted by Gasteiger charge is -2.26. The summed E-state index contributed by atoms with van der Waals surface area (Å²) in [6, 6.07) is 10.0. The van der Waals surface area contributed by atoms with Crippen molar-refractivity contribution in [2.45, 2.75) is 40.3 Å². The van der Waals surface area contributed by atoms with Crippen LogP contribution in [0, 0.1) is 13.8 Å². The van der Waals surface area contributed by atoms with Crippen molar-refractivity contribution in [3.63, 3.8) is 0 Å². The molecule has 0 spiro atoms. The molecule has 0 radical (unpaired) electrons. The van der Waals surface area contributed by atoms with E-state index in [1.807, 2.05) is 43.0 Å². The molecule has 1 aliphatic rings. The van der Waals surface area contributed by atoms with Gasteiger partial charge in [-0.2, -0.15) is 5.10 Å². The van der Waals surface area contributed by atoms with Crippen LogP contribution in [0.2, 0.25) is 0 Å². The summed E-state index contributed by atoms with van der Waals surface area (Å²) >= 11 is 3.18. The SMILES string of the molecule is CC(=O)N1CCc2c(sc(NC(=O)Cn3nc(C)cc3C)c2-c2nc3ccccc3s2)C1. The zero-order valence-corrected chi connectivity index (χ0v) is 19.8. The smallest absolute Gasteiger partial charge is 0.246 e. The normalized spacial score (nSPS) is 13.4. The molecule has 164 valence electrons. The first-order chi connectivity index (χ1) is 15.4. The summed E-state index contributed by atoms with van der Waals surface area (Å²) in [5.74, 6) is -0.0544. The number of aryl methyl sites for hydroxylation is 2. The third-order valence-electron chi connectivity index (χ3n) is 5.66. The highest BCUT2D eigenvalue weighted by molar-refractivity contribution is 7.22. The third-order valence-corrected chi connectivity index (χ3v) is 7.85. The van der Waals surface area contributed by atoms with Crippen LogP contribution >= 0.6 is 22.7 Å². The number of para-hydroxylation sites is 1. The summed E-state index contributed by atoms with van der Waals surface area (Å²) < 4.78 is 2.83. The van der Waals surface area contributed by atoms with E-state index in [9.17, 15) is 9.59 Å². The molecule has 32 heavy (non-hydrogen) atoms. The molecule has 0 unspecified atom stereocenters. The second kappa shape index (κ2) is 8.14. The predicted molar refractivity (Wildman–Crippen MR) is 128 cm³/mol. The van der Waals surface area contributed by atoms with Gasteiger partial charge in [-0.05, 0) is 44.0 Å². The van der Waals surface area contributed by atoms with Gasteiger partial charge in [0.2, 0.25) is 11.8 Å². The standard InChI is InChI=1S/C23H23N5O2S2/c1-13-10-14(2)28(26-13)12-20(30)25-23-21(22-24-17-6-4-5-7-18(17)31-22)16-8-9-27(15(3)29)11-19(16)32-23/h4-7,10H,8-9,11-12H2,1-3H3,(H,25,30). The van der Waals surface area contributed by atoms with Gasteiger partial charge in [0.15, 0.2) is 0 Å². The number of carbonyl (C=O) groups excluding carboxylic acids is 2. The molecule has 4 heterocycles. The van der Waals surface area contributed by atoms with Crippen molar-refractivity contribution < 1.29 is 9.59 Å². The van der Waals surface area contributed by atoms with Crippen molar-refractivity contribution in [2.75, 3.05) is 11.9 Å². The Kier molecular flexibility index (Phi) is 5.30. The maximum Gasteiger partial charge on any atom is 0.246 e. The second-order valence-corrected chi connectivity index (χ2v) is 10.2. The topological polar surface area (TPSA) is 80.1 Å². The Hall–Kier alpha value is -3.04. The average Bonchev–Trinajstić information content (AvgIpc) is 3.41. The minimum atomic E-state index is -0.124. The van der Waals surface area contributed by atoms with Crippen LogP contribution in [0.4, 0.5) is 5.00 Å². The number of thiophene rings is 1. The Morgan fingerprint density at radius 2 is 2.00 bits per heavy atom. The quantitative estimate of drug-likeness (QED) is 0.485. The van der Waals surface area contributed by atoms with Crippen LogP contribution < -0.4 is 5.32 Å². The summed E-state index contributed by atoms with van der Waals surface area (Å²) in [7, 11) is 0. The van der Waals surface area contributed by atoms with E-state index in [2.05, 4.69) is 16.5 Å². The lowest BCUT2D eigenvalue weighted by Crippen LogP contribution is -2.33. The van der Waals surface area contributed by atoms with Gasteiger partial charge in [-0.3, -0.25) is 14.3 Å². The van der Waals surface area contributed by atoms with Crippen LogP contribution in [0.3, 0.4) is 0 Å². The Morgan fingerprint density at radius 3 is 2.72 bits per heavy atom. The lowest BCUT2D eigenvalue weighted by molar-refractivity contribution is -0.129. The number of aromatic nitrogens is 3. The number of nitrogens with zero attached hydrogens (tertiary/aromatic N) is 4. The molecule has 2 amide bonds. The number of thiazole rings is 1. The first kappa shape index (κ1) is 20.8. The van der Waals surface area contributed by atoms with E-state index in [4.69, 9.17) is 4.98 Å². The van der Waals surface area contributed by atoms with Gasteiger partial charge < -0.3 is 10.2 Å². The molecule has 1 N–H and O–H groups in total. The number of hydrogen-bond acceptors (Lipinski definition) is 6. The van der Waals surface area contributed by atoms with Crippen molar-refractivity contribution in [3.05, 3.63) is 52.2 Å². The highest BCUT2D eigenvalue weighted by Gasteiger charge is 2.28. The first-order valence-electron chi connectivity index (χ1n) is 10.5. The fourth-order valence-corrected chi connectivity index (χ4v) is 6.49. The van der Waals surface area contributed by atoms with Crippen LogP contribution in [-0.2, 0) is 29.1 Å².